The van der Waals surface area contributed by atoms with E-state index in [0.29, 0.717) is 13.1 Å². The van der Waals surface area contributed by atoms with E-state index in [-0.39, 0.29) is 22.5 Å². The molecule has 8 heteroatoms. The van der Waals surface area contributed by atoms with Gasteiger partial charge in [0.1, 0.15) is 15.6 Å². The highest BCUT2D eigenvalue weighted by atomic mass is 32.1. The Balaban J connectivity index is 1.67. The van der Waals surface area contributed by atoms with E-state index in [9.17, 15) is 9.59 Å². The molecule has 0 atom stereocenters. The van der Waals surface area contributed by atoms with Gasteiger partial charge in [0.05, 0.1) is 0 Å². The number of amides is 2. The van der Waals surface area contributed by atoms with E-state index in [1.165, 1.54) is 9.80 Å². The van der Waals surface area contributed by atoms with Crippen LogP contribution >= 0.6 is 34.9 Å². The standard InChI is InChI=1S/C23H21N3O2S3/c1-3-24-21(27)18(22(28)25(4-2)23(24)29)15-16-9-11-17(12-10-16)26(19-7-5-13-30-19)20-8-6-14-31-20/h5-15H,3-4H2,1-2H3. The van der Waals surface area contributed by atoms with Gasteiger partial charge in [-0.25, -0.2) is 0 Å². The molecule has 1 aromatic carbocycles. The molecule has 0 N–H and O–H groups in total. The third-order valence-corrected chi connectivity index (χ3v) is 7.11. The summed E-state index contributed by atoms with van der Waals surface area (Å²) in [6.07, 6.45) is 1.65. The van der Waals surface area contributed by atoms with Gasteiger partial charge >= 0.3 is 0 Å². The number of likely N-dealkylation sites (N-methyl/N-ethyl adjacent to an activating group) is 2. The molecule has 2 aromatic heterocycles. The van der Waals surface area contributed by atoms with E-state index in [1.54, 1.807) is 28.7 Å². The molecule has 1 fully saturated rings. The Labute approximate surface area is 194 Å². The minimum atomic E-state index is -0.343. The molecule has 3 heterocycles. The molecule has 1 saturated heterocycles. The monoisotopic (exact) mass is 467 g/mol. The summed E-state index contributed by atoms with van der Waals surface area (Å²) < 4.78 is 0. The molecule has 0 aliphatic carbocycles. The lowest BCUT2D eigenvalue weighted by molar-refractivity contribution is -0.133. The summed E-state index contributed by atoms with van der Waals surface area (Å²) in [5, 5.41) is 6.63. The fraction of sp³-hybridized carbons (Fsp3) is 0.174. The van der Waals surface area contributed by atoms with Crippen molar-refractivity contribution < 1.29 is 9.59 Å². The zero-order valence-electron chi connectivity index (χ0n) is 17.1. The summed E-state index contributed by atoms with van der Waals surface area (Å²) >= 11 is 8.66. The van der Waals surface area contributed by atoms with Crippen LogP contribution < -0.4 is 4.90 Å². The average molecular weight is 468 g/mol. The first-order valence-electron chi connectivity index (χ1n) is 9.91. The topological polar surface area (TPSA) is 43.9 Å². The first kappa shape index (κ1) is 21.4. The highest BCUT2D eigenvalue weighted by molar-refractivity contribution is 7.80. The number of nitrogens with zero attached hydrogens (tertiary/aromatic N) is 3. The first-order chi connectivity index (χ1) is 15.0. The lowest BCUT2D eigenvalue weighted by Crippen LogP contribution is -2.55. The smallest absolute Gasteiger partial charge is 0.265 e. The van der Waals surface area contributed by atoms with Crippen LogP contribution in [-0.4, -0.2) is 39.8 Å². The van der Waals surface area contributed by atoms with E-state index < -0.39 is 0 Å². The second-order valence-electron chi connectivity index (χ2n) is 6.77. The fourth-order valence-corrected chi connectivity index (χ4v) is 5.43. The Hall–Kier alpha value is -2.81. The van der Waals surface area contributed by atoms with Crippen LogP contribution in [0.5, 0.6) is 0 Å². The summed E-state index contributed by atoms with van der Waals surface area (Å²) in [5.41, 5.74) is 1.94. The number of benzene rings is 1. The molecule has 31 heavy (non-hydrogen) atoms. The minimum Gasteiger partial charge on any atom is -0.293 e. The molecule has 5 nitrogen and oxygen atoms in total. The largest absolute Gasteiger partial charge is 0.293 e. The van der Waals surface area contributed by atoms with Gasteiger partial charge in [-0.1, -0.05) is 12.1 Å². The Kier molecular flexibility index (Phi) is 6.31. The summed E-state index contributed by atoms with van der Waals surface area (Å²) in [6.45, 7) is 4.55. The van der Waals surface area contributed by atoms with Crippen molar-refractivity contribution in [3.8, 4) is 0 Å². The highest BCUT2D eigenvalue weighted by Crippen LogP contribution is 2.39. The van der Waals surface area contributed by atoms with Gasteiger partial charge in [-0.2, -0.15) is 0 Å². The van der Waals surface area contributed by atoms with Gasteiger partial charge < -0.3 is 0 Å². The van der Waals surface area contributed by atoms with Crippen LogP contribution in [0.1, 0.15) is 19.4 Å². The SMILES string of the molecule is CCN1C(=O)C(=Cc2ccc(N(c3cccs3)c3cccs3)cc2)C(=O)N(CC)C1=S. The van der Waals surface area contributed by atoms with Crippen molar-refractivity contribution in [2.45, 2.75) is 13.8 Å². The van der Waals surface area contributed by atoms with Crippen LogP contribution in [-0.2, 0) is 9.59 Å². The van der Waals surface area contributed by atoms with Gasteiger partial charge in [0.2, 0.25) is 0 Å². The number of rotatable bonds is 6. The zero-order chi connectivity index (χ0) is 22.0. The van der Waals surface area contributed by atoms with Gasteiger partial charge in [-0.3, -0.25) is 24.3 Å². The molecular formula is C23H21N3O2S3. The van der Waals surface area contributed by atoms with Gasteiger partial charge in [0.15, 0.2) is 5.11 Å². The van der Waals surface area contributed by atoms with Crippen LogP contribution in [0.4, 0.5) is 15.7 Å². The Bertz CT molecular complexity index is 1060. The molecule has 0 saturated carbocycles. The van der Waals surface area contributed by atoms with Crippen LogP contribution in [0, 0.1) is 0 Å². The summed E-state index contributed by atoms with van der Waals surface area (Å²) in [5.74, 6) is -0.685. The second-order valence-corrected chi connectivity index (χ2v) is 8.99. The quantitative estimate of drug-likeness (QED) is 0.267. The van der Waals surface area contributed by atoms with E-state index >= 15 is 0 Å². The predicted octanol–water partition coefficient (Wildman–Crippen LogP) is 5.66. The Morgan fingerprint density at radius 2 is 1.39 bits per heavy atom. The highest BCUT2D eigenvalue weighted by Gasteiger charge is 2.37. The van der Waals surface area contributed by atoms with E-state index in [4.69, 9.17) is 12.2 Å². The minimum absolute atomic E-state index is 0.137. The number of carbonyl (C=O) groups is 2. The van der Waals surface area contributed by atoms with E-state index in [0.717, 1.165) is 21.3 Å². The number of carbonyl (C=O) groups excluding carboxylic acids is 2. The summed E-state index contributed by atoms with van der Waals surface area (Å²) in [4.78, 5) is 30.8. The van der Waals surface area contributed by atoms with Crippen molar-refractivity contribution in [2.75, 3.05) is 18.0 Å². The summed E-state index contributed by atoms with van der Waals surface area (Å²) in [7, 11) is 0. The van der Waals surface area contributed by atoms with Gasteiger partial charge in [0, 0.05) is 18.8 Å². The van der Waals surface area contributed by atoms with E-state index in [1.807, 2.05) is 50.2 Å². The maximum absolute atomic E-state index is 12.8. The molecule has 0 bridgehead atoms. The van der Waals surface area contributed by atoms with Crippen molar-refractivity contribution in [3.05, 3.63) is 70.4 Å². The van der Waals surface area contributed by atoms with Gasteiger partial charge in [-0.15, -0.1) is 22.7 Å². The van der Waals surface area contributed by atoms with Crippen molar-refractivity contribution in [2.24, 2.45) is 0 Å². The molecule has 2 amide bonds. The van der Waals surface area contributed by atoms with Crippen molar-refractivity contribution in [1.82, 2.24) is 9.80 Å². The lowest BCUT2D eigenvalue weighted by Gasteiger charge is -2.35. The van der Waals surface area contributed by atoms with Crippen molar-refractivity contribution in [3.63, 3.8) is 0 Å². The Morgan fingerprint density at radius 3 is 1.81 bits per heavy atom. The molecule has 1 aliphatic heterocycles. The third-order valence-electron chi connectivity index (χ3n) is 4.96. The molecule has 3 aromatic rings. The van der Waals surface area contributed by atoms with Crippen LogP contribution in [0.3, 0.4) is 0 Å². The molecule has 4 rings (SSSR count). The normalized spacial score (nSPS) is 14.4. The zero-order valence-corrected chi connectivity index (χ0v) is 19.6. The van der Waals surface area contributed by atoms with Crippen LogP contribution in [0.15, 0.2) is 64.9 Å². The number of anilines is 3. The molecular weight excluding hydrogens is 446 g/mol. The number of thiophene rings is 2. The number of thiocarbonyl (C=S) groups is 1. The summed E-state index contributed by atoms with van der Waals surface area (Å²) in [6, 6.07) is 16.1. The lowest BCUT2D eigenvalue weighted by atomic mass is 10.1. The fourth-order valence-electron chi connectivity index (χ4n) is 3.43. The molecule has 0 spiro atoms. The maximum Gasteiger partial charge on any atom is 0.265 e. The van der Waals surface area contributed by atoms with E-state index in [2.05, 4.69) is 27.8 Å². The number of hydrogen-bond acceptors (Lipinski definition) is 6. The average Bonchev–Trinajstić information content (AvgIpc) is 3.48. The second kappa shape index (κ2) is 9.13. The third kappa shape index (κ3) is 4.06. The van der Waals surface area contributed by atoms with Gasteiger partial charge in [-0.05, 0) is 84.9 Å². The molecule has 1 aliphatic rings. The molecule has 0 radical (unpaired) electrons. The van der Waals surface area contributed by atoms with Crippen molar-refractivity contribution >= 4 is 73.6 Å². The van der Waals surface area contributed by atoms with Crippen molar-refractivity contribution in [1.29, 1.82) is 0 Å². The molecule has 0 unspecified atom stereocenters. The van der Waals surface area contributed by atoms with Gasteiger partial charge in [0.25, 0.3) is 11.8 Å². The number of hydrogen-bond donors (Lipinski definition) is 0. The molecule has 158 valence electrons. The predicted molar refractivity (Wildman–Crippen MR) is 132 cm³/mol. The van der Waals surface area contributed by atoms with Crippen LogP contribution in [0.2, 0.25) is 0 Å². The maximum atomic E-state index is 12.8. The Morgan fingerprint density at radius 1 is 0.871 bits per heavy atom. The first-order valence-corrected chi connectivity index (χ1v) is 12.1. The van der Waals surface area contributed by atoms with Crippen LogP contribution in [0.25, 0.3) is 6.08 Å².